The van der Waals surface area contributed by atoms with Gasteiger partial charge in [0.15, 0.2) is 0 Å². The molecule has 2 amide bonds. The number of methoxy groups -OCH3 is 2. The molecule has 1 unspecified atom stereocenters. The predicted octanol–water partition coefficient (Wildman–Crippen LogP) is 3.10. The molecular formula is C22H26F2N2O4. The number of hydrogen-bond acceptors (Lipinski definition) is 4. The summed E-state index contributed by atoms with van der Waals surface area (Å²) in [4.78, 5) is 25.3. The van der Waals surface area contributed by atoms with Crippen LogP contribution in [-0.2, 0) is 11.2 Å². The van der Waals surface area contributed by atoms with E-state index >= 15 is 0 Å². The van der Waals surface area contributed by atoms with Gasteiger partial charge in [-0.1, -0.05) is 13.8 Å². The van der Waals surface area contributed by atoms with Gasteiger partial charge in [-0.25, -0.2) is 8.78 Å². The number of nitrogens with one attached hydrogen (secondary N) is 2. The maximum Gasteiger partial charge on any atom is 0.252 e. The summed E-state index contributed by atoms with van der Waals surface area (Å²) in [5.41, 5.74) is 0.723. The fourth-order valence-electron chi connectivity index (χ4n) is 2.89. The summed E-state index contributed by atoms with van der Waals surface area (Å²) < 4.78 is 36.9. The lowest BCUT2D eigenvalue weighted by atomic mass is 10.0. The van der Waals surface area contributed by atoms with E-state index in [-0.39, 0.29) is 24.8 Å². The zero-order valence-corrected chi connectivity index (χ0v) is 17.4. The Morgan fingerprint density at radius 1 is 0.933 bits per heavy atom. The van der Waals surface area contributed by atoms with Crippen LogP contribution in [0.15, 0.2) is 36.4 Å². The molecule has 162 valence electrons. The van der Waals surface area contributed by atoms with E-state index in [1.54, 1.807) is 32.0 Å². The minimum Gasteiger partial charge on any atom is -0.497 e. The second-order valence-electron chi connectivity index (χ2n) is 7.12. The van der Waals surface area contributed by atoms with Crippen LogP contribution < -0.4 is 20.1 Å². The van der Waals surface area contributed by atoms with E-state index in [1.165, 1.54) is 26.4 Å². The zero-order chi connectivity index (χ0) is 22.3. The molecule has 0 heterocycles. The van der Waals surface area contributed by atoms with E-state index in [0.717, 1.165) is 6.07 Å². The van der Waals surface area contributed by atoms with Crippen molar-refractivity contribution < 1.29 is 27.8 Å². The van der Waals surface area contributed by atoms with Crippen molar-refractivity contribution in [1.29, 1.82) is 0 Å². The van der Waals surface area contributed by atoms with Gasteiger partial charge >= 0.3 is 0 Å². The average molecular weight is 420 g/mol. The first-order valence-corrected chi connectivity index (χ1v) is 9.50. The van der Waals surface area contributed by atoms with Gasteiger partial charge in [-0.05, 0) is 42.2 Å². The van der Waals surface area contributed by atoms with E-state index in [2.05, 4.69) is 10.6 Å². The third kappa shape index (κ3) is 6.43. The summed E-state index contributed by atoms with van der Waals surface area (Å²) in [7, 11) is 2.95. The first-order chi connectivity index (χ1) is 14.2. The molecule has 0 aliphatic carbocycles. The first kappa shape index (κ1) is 23.1. The molecule has 0 spiro atoms. The van der Waals surface area contributed by atoms with Crippen molar-refractivity contribution in [2.45, 2.75) is 26.3 Å². The number of benzene rings is 2. The van der Waals surface area contributed by atoms with E-state index in [0.29, 0.717) is 22.6 Å². The number of hydrogen-bond donors (Lipinski definition) is 2. The second-order valence-corrected chi connectivity index (χ2v) is 7.12. The standard InChI is InChI=1S/C22H26F2N2O4/c1-13(2)20(22(28)25-6-5-14-7-16(23)11-17(24)8-14)26-21(27)15-9-18(29-3)12-19(10-15)30-4/h7-13,20H,5-6H2,1-4H3,(H,25,28)(H,26,27). The molecule has 0 saturated heterocycles. The monoisotopic (exact) mass is 420 g/mol. The summed E-state index contributed by atoms with van der Waals surface area (Å²) in [6.07, 6.45) is 0.256. The molecule has 0 aliphatic rings. The number of carbonyl (C=O) groups is 2. The summed E-state index contributed by atoms with van der Waals surface area (Å²) in [5.74, 6) is -1.46. The number of halogens is 2. The lowest BCUT2D eigenvalue weighted by Crippen LogP contribution is -2.50. The van der Waals surface area contributed by atoms with Crippen molar-refractivity contribution in [2.75, 3.05) is 20.8 Å². The van der Waals surface area contributed by atoms with E-state index in [1.807, 2.05) is 0 Å². The van der Waals surface area contributed by atoms with E-state index in [9.17, 15) is 18.4 Å². The molecule has 30 heavy (non-hydrogen) atoms. The van der Waals surface area contributed by atoms with Gasteiger partial charge in [-0.3, -0.25) is 9.59 Å². The van der Waals surface area contributed by atoms with Crippen molar-refractivity contribution in [1.82, 2.24) is 10.6 Å². The quantitative estimate of drug-likeness (QED) is 0.654. The van der Waals surface area contributed by atoms with Crippen LogP contribution in [0.2, 0.25) is 0 Å². The highest BCUT2D eigenvalue weighted by molar-refractivity contribution is 5.98. The molecule has 0 aliphatic heterocycles. The minimum atomic E-state index is -0.793. The highest BCUT2D eigenvalue weighted by atomic mass is 19.1. The molecule has 0 fully saturated rings. The highest BCUT2D eigenvalue weighted by Gasteiger charge is 2.25. The Hall–Kier alpha value is -3.16. The van der Waals surface area contributed by atoms with Gasteiger partial charge in [-0.2, -0.15) is 0 Å². The van der Waals surface area contributed by atoms with Crippen molar-refractivity contribution in [3.63, 3.8) is 0 Å². The Morgan fingerprint density at radius 2 is 1.50 bits per heavy atom. The highest BCUT2D eigenvalue weighted by Crippen LogP contribution is 2.22. The molecule has 2 aromatic carbocycles. The van der Waals surface area contributed by atoms with Crippen molar-refractivity contribution in [3.8, 4) is 11.5 Å². The molecule has 0 radical (unpaired) electrons. The van der Waals surface area contributed by atoms with Gasteiger partial charge in [0.25, 0.3) is 5.91 Å². The number of amides is 2. The Bertz CT molecular complexity index is 860. The van der Waals surface area contributed by atoms with Crippen molar-refractivity contribution in [2.24, 2.45) is 5.92 Å². The van der Waals surface area contributed by atoms with Crippen molar-refractivity contribution in [3.05, 3.63) is 59.2 Å². The van der Waals surface area contributed by atoms with Gasteiger partial charge in [0.05, 0.1) is 14.2 Å². The molecule has 2 rings (SSSR count). The summed E-state index contributed by atoms with van der Waals surface area (Å²) in [6.45, 7) is 3.78. The van der Waals surface area contributed by atoms with Gasteiger partial charge < -0.3 is 20.1 Å². The van der Waals surface area contributed by atoms with Crippen LogP contribution in [0.5, 0.6) is 11.5 Å². The Morgan fingerprint density at radius 3 is 2.00 bits per heavy atom. The SMILES string of the molecule is COc1cc(OC)cc(C(=O)NC(C(=O)NCCc2cc(F)cc(F)c2)C(C)C)c1. The molecule has 8 heteroatoms. The average Bonchev–Trinajstić information content (AvgIpc) is 2.70. The molecular weight excluding hydrogens is 394 g/mol. The summed E-state index contributed by atoms with van der Waals surface area (Å²) >= 11 is 0. The molecule has 1 atom stereocenters. The van der Waals surface area contributed by atoms with Crippen LogP contribution in [0.1, 0.15) is 29.8 Å². The smallest absolute Gasteiger partial charge is 0.252 e. The third-order valence-corrected chi connectivity index (χ3v) is 4.48. The van der Waals surface area contributed by atoms with Gasteiger partial charge in [0, 0.05) is 24.2 Å². The Labute approximate surface area is 174 Å². The maximum atomic E-state index is 13.3. The minimum absolute atomic E-state index is 0.174. The first-order valence-electron chi connectivity index (χ1n) is 9.50. The zero-order valence-electron chi connectivity index (χ0n) is 17.4. The molecule has 2 aromatic rings. The molecule has 0 bridgehead atoms. The number of ether oxygens (including phenoxy) is 2. The molecule has 6 nitrogen and oxygen atoms in total. The van der Waals surface area contributed by atoms with Crippen LogP contribution in [0.3, 0.4) is 0 Å². The van der Waals surface area contributed by atoms with Gasteiger partial charge in [0.1, 0.15) is 29.2 Å². The second kappa shape index (κ2) is 10.6. The molecule has 0 aromatic heterocycles. The third-order valence-electron chi connectivity index (χ3n) is 4.48. The van der Waals surface area contributed by atoms with Gasteiger partial charge in [0.2, 0.25) is 5.91 Å². The van der Waals surface area contributed by atoms with Crippen LogP contribution in [0.4, 0.5) is 8.78 Å². The normalized spacial score (nSPS) is 11.7. The van der Waals surface area contributed by atoms with Crippen LogP contribution >= 0.6 is 0 Å². The number of rotatable bonds is 9. The fourth-order valence-corrected chi connectivity index (χ4v) is 2.89. The van der Waals surface area contributed by atoms with E-state index < -0.39 is 23.6 Å². The van der Waals surface area contributed by atoms with E-state index in [4.69, 9.17) is 9.47 Å². The van der Waals surface area contributed by atoms with Crippen molar-refractivity contribution >= 4 is 11.8 Å². The Balaban J connectivity index is 2.02. The lowest BCUT2D eigenvalue weighted by molar-refractivity contribution is -0.123. The molecule has 0 saturated carbocycles. The number of carbonyl (C=O) groups excluding carboxylic acids is 2. The lowest BCUT2D eigenvalue weighted by Gasteiger charge is -2.22. The Kier molecular flexibility index (Phi) is 8.15. The van der Waals surface area contributed by atoms with Crippen LogP contribution in [0.25, 0.3) is 0 Å². The van der Waals surface area contributed by atoms with Crippen LogP contribution in [0, 0.1) is 17.6 Å². The predicted molar refractivity (Wildman–Crippen MR) is 109 cm³/mol. The topological polar surface area (TPSA) is 76.7 Å². The van der Waals surface area contributed by atoms with Gasteiger partial charge in [-0.15, -0.1) is 0 Å². The largest absolute Gasteiger partial charge is 0.497 e. The summed E-state index contributed by atoms with van der Waals surface area (Å²) in [5, 5.41) is 5.43. The van der Waals surface area contributed by atoms with Crippen LogP contribution in [-0.4, -0.2) is 38.6 Å². The molecule has 2 N–H and O–H groups in total. The summed E-state index contributed by atoms with van der Waals surface area (Å²) in [6, 6.07) is 7.16. The fraction of sp³-hybridized carbons (Fsp3) is 0.364. The maximum absolute atomic E-state index is 13.3.